The first kappa shape index (κ1) is 11.3. The van der Waals surface area contributed by atoms with Gasteiger partial charge in [0.05, 0.1) is 0 Å². The molecule has 0 aromatic heterocycles. The molecule has 0 bridgehead atoms. The predicted molar refractivity (Wildman–Crippen MR) is 69.4 cm³/mol. The molecule has 0 N–H and O–H groups in total. The number of allylic oxidation sites excluding steroid dienone is 4. The van der Waals surface area contributed by atoms with Gasteiger partial charge in [0.1, 0.15) is 6.29 Å². The van der Waals surface area contributed by atoms with Crippen LogP contribution in [0.3, 0.4) is 0 Å². The highest BCUT2D eigenvalue weighted by Gasteiger charge is 2.16. The minimum Gasteiger partial charge on any atom is -0.303 e. The van der Waals surface area contributed by atoms with Crippen molar-refractivity contribution < 1.29 is 4.79 Å². The Morgan fingerprint density at radius 2 is 2.06 bits per heavy atom. The van der Waals surface area contributed by atoms with Crippen LogP contribution in [0.1, 0.15) is 24.3 Å². The third-order valence-electron chi connectivity index (χ3n) is 2.85. The number of rotatable bonds is 4. The highest BCUT2D eigenvalue weighted by molar-refractivity contribution is 9.10. The summed E-state index contributed by atoms with van der Waals surface area (Å²) in [7, 11) is 0. The summed E-state index contributed by atoms with van der Waals surface area (Å²) in [4.78, 5) is 10.8. The molecule has 2 rings (SSSR count). The zero-order chi connectivity index (χ0) is 11.4. The summed E-state index contributed by atoms with van der Waals surface area (Å²) in [5.41, 5.74) is 2.54. The molecule has 0 fully saturated rings. The highest BCUT2D eigenvalue weighted by atomic mass is 79.9. The molecule has 16 heavy (non-hydrogen) atoms. The molecule has 1 aliphatic carbocycles. The molecule has 82 valence electrons. The Hall–Kier alpha value is -1.15. The van der Waals surface area contributed by atoms with Gasteiger partial charge in [-0.05, 0) is 24.1 Å². The summed E-state index contributed by atoms with van der Waals surface area (Å²) in [6, 6.07) is 8.21. The van der Waals surface area contributed by atoms with Gasteiger partial charge in [-0.25, -0.2) is 0 Å². The molecular formula is C14H13BrO. The summed E-state index contributed by atoms with van der Waals surface area (Å²) in [6.07, 6.45) is 8.85. The van der Waals surface area contributed by atoms with Gasteiger partial charge in [-0.15, -0.1) is 0 Å². The first-order valence-corrected chi connectivity index (χ1v) is 6.15. The van der Waals surface area contributed by atoms with Crippen molar-refractivity contribution in [2.75, 3.05) is 0 Å². The van der Waals surface area contributed by atoms with Crippen molar-refractivity contribution in [3.05, 3.63) is 58.1 Å². The van der Waals surface area contributed by atoms with E-state index in [0.29, 0.717) is 6.42 Å². The van der Waals surface area contributed by atoms with Crippen LogP contribution in [0.15, 0.2) is 52.5 Å². The van der Waals surface area contributed by atoms with Gasteiger partial charge in [-0.1, -0.05) is 51.9 Å². The molecule has 0 aliphatic heterocycles. The quantitative estimate of drug-likeness (QED) is 0.760. The maximum atomic E-state index is 10.8. The Morgan fingerprint density at radius 1 is 1.31 bits per heavy atom. The molecule has 0 radical (unpaired) electrons. The molecule has 1 aromatic carbocycles. The number of benzene rings is 1. The SMILES string of the molecule is O=CC[C@H](C1=CC=CC1)c1ccc(Br)cc1. The molecule has 1 aromatic rings. The van der Waals surface area contributed by atoms with Crippen LogP contribution in [0.4, 0.5) is 0 Å². The van der Waals surface area contributed by atoms with Gasteiger partial charge in [0.25, 0.3) is 0 Å². The number of aldehydes is 1. The average Bonchev–Trinajstić information content (AvgIpc) is 2.81. The van der Waals surface area contributed by atoms with Gasteiger partial charge in [0, 0.05) is 16.8 Å². The predicted octanol–water partition coefficient (Wildman–Crippen LogP) is 4.01. The van der Waals surface area contributed by atoms with Crippen molar-refractivity contribution in [2.45, 2.75) is 18.8 Å². The number of hydrogen-bond acceptors (Lipinski definition) is 1. The minimum absolute atomic E-state index is 0.237. The van der Waals surface area contributed by atoms with Gasteiger partial charge in [-0.3, -0.25) is 0 Å². The number of carbonyl (C=O) groups excluding carboxylic acids is 1. The third kappa shape index (κ3) is 2.50. The van der Waals surface area contributed by atoms with Crippen LogP contribution in [0.2, 0.25) is 0 Å². The molecule has 0 heterocycles. The van der Waals surface area contributed by atoms with Gasteiger partial charge < -0.3 is 4.79 Å². The molecule has 0 amide bonds. The van der Waals surface area contributed by atoms with Crippen LogP contribution < -0.4 is 0 Å². The van der Waals surface area contributed by atoms with E-state index in [-0.39, 0.29) is 5.92 Å². The fraction of sp³-hybridized carbons (Fsp3) is 0.214. The minimum atomic E-state index is 0.237. The van der Waals surface area contributed by atoms with Crippen molar-refractivity contribution in [2.24, 2.45) is 0 Å². The lowest BCUT2D eigenvalue weighted by atomic mass is 9.88. The molecule has 1 atom stereocenters. The summed E-state index contributed by atoms with van der Waals surface area (Å²) < 4.78 is 1.07. The van der Waals surface area contributed by atoms with Crippen molar-refractivity contribution in [3.63, 3.8) is 0 Å². The topological polar surface area (TPSA) is 17.1 Å². The van der Waals surface area contributed by atoms with E-state index in [0.717, 1.165) is 17.2 Å². The van der Waals surface area contributed by atoms with E-state index in [4.69, 9.17) is 0 Å². The number of hydrogen-bond donors (Lipinski definition) is 0. The summed E-state index contributed by atoms with van der Waals surface area (Å²) in [5, 5.41) is 0. The fourth-order valence-electron chi connectivity index (χ4n) is 2.02. The van der Waals surface area contributed by atoms with Gasteiger partial charge in [0.2, 0.25) is 0 Å². The molecule has 1 nitrogen and oxygen atoms in total. The molecule has 2 heteroatoms. The van der Waals surface area contributed by atoms with Crippen molar-refractivity contribution in [3.8, 4) is 0 Å². The lowest BCUT2D eigenvalue weighted by Gasteiger charge is -2.16. The lowest BCUT2D eigenvalue weighted by Crippen LogP contribution is -2.02. The van der Waals surface area contributed by atoms with Gasteiger partial charge >= 0.3 is 0 Å². The van der Waals surface area contributed by atoms with Crippen LogP contribution >= 0.6 is 15.9 Å². The summed E-state index contributed by atoms with van der Waals surface area (Å²) in [5.74, 6) is 0.237. The van der Waals surface area contributed by atoms with E-state index in [9.17, 15) is 4.79 Å². The molecule has 0 unspecified atom stereocenters. The van der Waals surface area contributed by atoms with Crippen LogP contribution in [0, 0.1) is 0 Å². The second kappa shape index (κ2) is 5.26. The number of carbonyl (C=O) groups is 1. The molecule has 0 saturated heterocycles. The third-order valence-corrected chi connectivity index (χ3v) is 3.38. The van der Waals surface area contributed by atoms with E-state index in [1.54, 1.807) is 0 Å². The van der Waals surface area contributed by atoms with E-state index in [1.165, 1.54) is 11.1 Å². The average molecular weight is 277 g/mol. The number of halogens is 1. The smallest absolute Gasteiger partial charge is 0.120 e. The van der Waals surface area contributed by atoms with Crippen LogP contribution in [0.5, 0.6) is 0 Å². The van der Waals surface area contributed by atoms with E-state index >= 15 is 0 Å². The normalized spacial score (nSPS) is 15.9. The summed E-state index contributed by atoms with van der Waals surface area (Å²) >= 11 is 3.42. The van der Waals surface area contributed by atoms with Crippen LogP contribution in [0.25, 0.3) is 0 Å². The Morgan fingerprint density at radius 3 is 2.62 bits per heavy atom. The summed E-state index contributed by atoms with van der Waals surface area (Å²) in [6.45, 7) is 0. The molecular weight excluding hydrogens is 264 g/mol. The van der Waals surface area contributed by atoms with E-state index < -0.39 is 0 Å². The monoisotopic (exact) mass is 276 g/mol. The second-order valence-corrected chi connectivity index (χ2v) is 4.80. The van der Waals surface area contributed by atoms with E-state index in [1.807, 2.05) is 12.1 Å². The molecule has 0 saturated carbocycles. The highest BCUT2D eigenvalue weighted by Crippen LogP contribution is 2.32. The molecule has 1 aliphatic rings. The molecule has 0 spiro atoms. The largest absolute Gasteiger partial charge is 0.303 e. The Kier molecular flexibility index (Phi) is 3.73. The van der Waals surface area contributed by atoms with Crippen LogP contribution in [-0.2, 0) is 4.79 Å². The van der Waals surface area contributed by atoms with Crippen LogP contribution in [-0.4, -0.2) is 6.29 Å². The Bertz CT molecular complexity index is 429. The Labute approximate surface area is 104 Å². The maximum absolute atomic E-state index is 10.8. The first-order chi connectivity index (χ1) is 7.81. The van der Waals surface area contributed by atoms with Gasteiger partial charge in [-0.2, -0.15) is 0 Å². The Balaban J connectivity index is 2.25. The zero-order valence-electron chi connectivity index (χ0n) is 8.90. The fourth-order valence-corrected chi connectivity index (χ4v) is 2.28. The van der Waals surface area contributed by atoms with Crippen molar-refractivity contribution in [1.82, 2.24) is 0 Å². The van der Waals surface area contributed by atoms with Gasteiger partial charge in [0.15, 0.2) is 0 Å². The van der Waals surface area contributed by atoms with E-state index in [2.05, 4.69) is 46.3 Å². The van der Waals surface area contributed by atoms with Crippen molar-refractivity contribution >= 4 is 22.2 Å². The lowest BCUT2D eigenvalue weighted by molar-refractivity contribution is -0.108. The van der Waals surface area contributed by atoms with Crippen molar-refractivity contribution in [1.29, 1.82) is 0 Å². The maximum Gasteiger partial charge on any atom is 0.120 e. The first-order valence-electron chi connectivity index (χ1n) is 5.36. The standard InChI is InChI=1S/C14H13BrO/c15-13-7-5-12(6-8-13)14(9-10-16)11-3-1-2-4-11/h1-3,5-8,10,14H,4,9H2/t14-/m1/s1. The zero-order valence-corrected chi connectivity index (χ0v) is 10.5. The second-order valence-electron chi connectivity index (χ2n) is 3.88.